The van der Waals surface area contributed by atoms with Crippen molar-refractivity contribution < 1.29 is 4.39 Å². The van der Waals surface area contributed by atoms with Crippen molar-refractivity contribution in [1.29, 1.82) is 5.26 Å². The molecule has 0 saturated heterocycles. The summed E-state index contributed by atoms with van der Waals surface area (Å²) in [6.07, 6.45) is 1.45. The van der Waals surface area contributed by atoms with Gasteiger partial charge in [0.1, 0.15) is 17.7 Å². The van der Waals surface area contributed by atoms with Crippen LogP contribution in [-0.4, -0.2) is 4.98 Å². The van der Waals surface area contributed by atoms with Crippen LogP contribution in [0.3, 0.4) is 0 Å². The summed E-state index contributed by atoms with van der Waals surface area (Å²) in [4.78, 5) is 4.04. The van der Waals surface area contributed by atoms with Gasteiger partial charge in [-0.05, 0) is 46.3 Å². The first-order valence-electron chi connectivity index (χ1n) is 4.77. The second kappa shape index (κ2) is 4.93. The van der Waals surface area contributed by atoms with Gasteiger partial charge in [-0.15, -0.1) is 0 Å². The fourth-order valence-electron chi connectivity index (χ4n) is 1.27. The van der Waals surface area contributed by atoms with Gasteiger partial charge in [-0.2, -0.15) is 5.26 Å². The van der Waals surface area contributed by atoms with Crippen LogP contribution in [0.4, 0.5) is 15.9 Å². The van der Waals surface area contributed by atoms with Crippen molar-refractivity contribution in [2.75, 3.05) is 5.32 Å². The number of halogens is 2. The zero-order chi connectivity index (χ0) is 12.3. The third-order valence-corrected chi connectivity index (χ3v) is 2.78. The van der Waals surface area contributed by atoms with Crippen LogP contribution < -0.4 is 5.32 Å². The van der Waals surface area contributed by atoms with Gasteiger partial charge >= 0.3 is 0 Å². The van der Waals surface area contributed by atoms with E-state index in [-0.39, 0.29) is 5.82 Å². The van der Waals surface area contributed by atoms with Crippen LogP contribution in [-0.2, 0) is 0 Å². The van der Waals surface area contributed by atoms with E-state index in [0.717, 1.165) is 4.47 Å². The molecule has 0 aliphatic carbocycles. The fraction of sp³-hybridized carbons (Fsp3) is 0. The van der Waals surface area contributed by atoms with Crippen molar-refractivity contribution in [3.63, 3.8) is 0 Å². The Hall–Kier alpha value is -1.93. The molecule has 0 aliphatic heterocycles. The topological polar surface area (TPSA) is 48.7 Å². The number of nitrogens with one attached hydrogen (secondary N) is 1. The van der Waals surface area contributed by atoms with E-state index in [0.29, 0.717) is 17.1 Å². The Balaban J connectivity index is 2.25. The molecule has 0 saturated carbocycles. The molecule has 0 atom stereocenters. The minimum absolute atomic E-state index is 0.329. The van der Waals surface area contributed by atoms with Gasteiger partial charge in [-0.1, -0.05) is 0 Å². The Morgan fingerprint density at radius 3 is 2.76 bits per heavy atom. The van der Waals surface area contributed by atoms with Crippen LogP contribution in [0.15, 0.2) is 41.0 Å². The summed E-state index contributed by atoms with van der Waals surface area (Å²) in [6.45, 7) is 0. The number of aromatic nitrogens is 1. The highest BCUT2D eigenvalue weighted by molar-refractivity contribution is 9.10. The van der Waals surface area contributed by atoms with Crippen LogP contribution in [0.2, 0.25) is 0 Å². The molecule has 2 rings (SSSR count). The molecule has 1 N–H and O–H groups in total. The van der Waals surface area contributed by atoms with E-state index in [4.69, 9.17) is 5.26 Å². The maximum atomic E-state index is 13.0. The largest absolute Gasteiger partial charge is 0.339 e. The number of nitriles is 1. The lowest BCUT2D eigenvalue weighted by Crippen LogP contribution is -1.95. The van der Waals surface area contributed by atoms with Gasteiger partial charge in [0.25, 0.3) is 0 Å². The van der Waals surface area contributed by atoms with Crippen LogP contribution in [0.1, 0.15) is 5.56 Å². The summed E-state index contributed by atoms with van der Waals surface area (Å²) >= 11 is 3.31. The summed E-state index contributed by atoms with van der Waals surface area (Å²) in [7, 11) is 0. The van der Waals surface area contributed by atoms with E-state index >= 15 is 0 Å². The third-order valence-electron chi connectivity index (χ3n) is 2.08. The Morgan fingerprint density at radius 1 is 1.29 bits per heavy atom. The Morgan fingerprint density at radius 2 is 2.12 bits per heavy atom. The SMILES string of the molecule is N#Cc1ccc(Nc2cc(F)ccc2Br)nc1. The van der Waals surface area contributed by atoms with Gasteiger partial charge in [-0.25, -0.2) is 9.37 Å². The molecule has 1 heterocycles. The van der Waals surface area contributed by atoms with Crippen molar-refractivity contribution in [1.82, 2.24) is 4.98 Å². The molecule has 0 fully saturated rings. The van der Waals surface area contributed by atoms with Crippen molar-refractivity contribution in [3.8, 4) is 6.07 Å². The molecule has 0 bridgehead atoms. The first kappa shape index (κ1) is 11.6. The quantitative estimate of drug-likeness (QED) is 0.920. The molecule has 0 unspecified atom stereocenters. The molecule has 5 heteroatoms. The van der Waals surface area contributed by atoms with E-state index in [1.54, 1.807) is 18.2 Å². The van der Waals surface area contributed by atoms with E-state index in [1.807, 2.05) is 6.07 Å². The third kappa shape index (κ3) is 2.80. The number of benzene rings is 1. The summed E-state index contributed by atoms with van der Waals surface area (Å²) < 4.78 is 13.8. The molecular weight excluding hydrogens is 285 g/mol. The number of nitrogens with zero attached hydrogens (tertiary/aromatic N) is 2. The van der Waals surface area contributed by atoms with Gasteiger partial charge < -0.3 is 5.32 Å². The number of hydrogen-bond acceptors (Lipinski definition) is 3. The van der Waals surface area contributed by atoms with Crippen LogP contribution in [0.25, 0.3) is 0 Å². The zero-order valence-corrected chi connectivity index (χ0v) is 10.2. The highest BCUT2D eigenvalue weighted by Gasteiger charge is 2.03. The Kier molecular flexibility index (Phi) is 3.35. The van der Waals surface area contributed by atoms with E-state index in [2.05, 4.69) is 26.2 Å². The van der Waals surface area contributed by atoms with Crippen LogP contribution >= 0.6 is 15.9 Å². The highest BCUT2D eigenvalue weighted by Crippen LogP contribution is 2.25. The average Bonchev–Trinajstić information content (AvgIpc) is 2.35. The smallest absolute Gasteiger partial charge is 0.130 e. The molecule has 0 radical (unpaired) electrons. The summed E-state index contributed by atoms with van der Waals surface area (Å²) in [5.74, 6) is 0.222. The number of anilines is 2. The Bertz CT molecular complexity index is 575. The van der Waals surface area contributed by atoms with Crippen molar-refractivity contribution in [3.05, 3.63) is 52.4 Å². The summed E-state index contributed by atoms with van der Waals surface area (Å²) in [5, 5.41) is 11.6. The molecule has 84 valence electrons. The molecule has 0 amide bonds. The molecular formula is C12H7BrFN3. The molecule has 0 spiro atoms. The fourth-order valence-corrected chi connectivity index (χ4v) is 1.61. The molecule has 17 heavy (non-hydrogen) atoms. The molecule has 3 nitrogen and oxygen atoms in total. The predicted octanol–water partition coefficient (Wildman–Crippen LogP) is 3.60. The molecule has 0 aliphatic rings. The highest BCUT2D eigenvalue weighted by atomic mass is 79.9. The summed E-state index contributed by atoms with van der Waals surface area (Å²) in [6, 6.07) is 9.62. The molecule has 2 aromatic rings. The Labute approximate surface area is 106 Å². The number of pyridine rings is 1. The average molecular weight is 292 g/mol. The first-order valence-corrected chi connectivity index (χ1v) is 5.56. The van der Waals surface area contributed by atoms with Gasteiger partial charge in [-0.3, -0.25) is 0 Å². The number of rotatable bonds is 2. The van der Waals surface area contributed by atoms with Gasteiger partial charge in [0.15, 0.2) is 0 Å². The van der Waals surface area contributed by atoms with Crippen molar-refractivity contribution in [2.24, 2.45) is 0 Å². The predicted molar refractivity (Wildman–Crippen MR) is 66.3 cm³/mol. The maximum absolute atomic E-state index is 13.0. The lowest BCUT2D eigenvalue weighted by Gasteiger charge is -2.07. The minimum atomic E-state index is -0.329. The second-order valence-electron chi connectivity index (χ2n) is 3.29. The van der Waals surface area contributed by atoms with Crippen LogP contribution in [0.5, 0.6) is 0 Å². The van der Waals surface area contributed by atoms with Gasteiger partial charge in [0, 0.05) is 10.7 Å². The van der Waals surface area contributed by atoms with E-state index in [9.17, 15) is 4.39 Å². The van der Waals surface area contributed by atoms with Crippen molar-refractivity contribution in [2.45, 2.75) is 0 Å². The molecule has 1 aromatic carbocycles. The first-order chi connectivity index (χ1) is 8.19. The zero-order valence-electron chi connectivity index (χ0n) is 8.61. The van der Waals surface area contributed by atoms with Gasteiger partial charge in [0.05, 0.1) is 11.3 Å². The number of hydrogen-bond donors (Lipinski definition) is 1. The maximum Gasteiger partial charge on any atom is 0.130 e. The van der Waals surface area contributed by atoms with Gasteiger partial charge in [0.2, 0.25) is 0 Å². The van der Waals surface area contributed by atoms with E-state index in [1.165, 1.54) is 18.3 Å². The summed E-state index contributed by atoms with van der Waals surface area (Å²) in [5.41, 5.74) is 1.07. The van der Waals surface area contributed by atoms with E-state index < -0.39 is 0 Å². The molecule has 1 aromatic heterocycles. The van der Waals surface area contributed by atoms with Crippen LogP contribution in [0, 0.1) is 17.1 Å². The standard InChI is InChI=1S/C12H7BrFN3/c13-10-3-2-9(14)5-11(10)17-12-4-1-8(6-15)7-16-12/h1-5,7H,(H,16,17). The lowest BCUT2D eigenvalue weighted by atomic mass is 10.3. The monoisotopic (exact) mass is 291 g/mol. The second-order valence-corrected chi connectivity index (χ2v) is 4.15. The lowest BCUT2D eigenvalue weighted by molar-refractivity contribution is 0.628. The van der Waals surface area contributed by atoms with Crippen molar-refractivity contribution >= 4 is 27.4 Å². The minimum Gasteiger partial charge on any atom is -0.339 e. The normalized spacial score (nSPS) is 9.71.